The van der Waals surface area contributed by atoms with Gasteiger partial charge in [0.15, 0.2) is 6.10 Å². The molecule has 0 unspecified atom stereocenters. The highest BCUT2D eigenvalue weighted by atomic mass is 35.5. The molecule has 0 radical (unpaired) electrons. The Balaban J connectivity index is 1.77. The van der Waals surface area contributed by atoms with Crippen molar-refractivity contribution in [2.24, 2.45) is 0 Å². The van der Waals surface area contributed by atoms with Gasteiger partial charge in [-0.15, -0.1) is 11.3 Å². The van der Waals surface area contributed by atoms with E-state index in [1.807, 2.05) is 0 Å². The molecule has 0 bridgehead atoms. The molecule has 0 spiro atoms. The molecule has 2 aromatic rings. The van der Waals surface area contributed by atoms with E-state index in [9.17, 15) is 18.0 Å². The van der Waals surface area contributed by atoms with Crippen molar-refractivity contribution < 1.29 is 22.7 Å². The van der Waals surface area contributed by atoms with Gasteiger partial charge in [-0.05, 0) is 36.6 Å². The van der Waals surface area contributed by atoms with E-state index in [2.05, 4.69) is 10.0 Å². The number of carbonyl (C=O) groups is 2. The normalized spacial score (nSPS) is 12.4. The SMILES string of the molecule is C[C@H](OC(=O)CCNS(=O)(=O)c1cccs1)C(=O)Nc1cccc(Cl)c1. The van der Waals surface area contributed by atoms with Crippen molar-refractivity contribution in [2.75, 3.05) is 11.9 Å². The third-order valence-corrected chi connectivity index (χ3v) is 6.24. The number of hydrogen-bond donors (Lipinski definition) is 2. The summed E-state index contributed by atoms with van der Waals surface area (Å²) in [6.45, 7) is 1.30. The van der Waals surface area contributed by atoms with Crippen molar-refractivity contribution in [3.05, 3.63) is 46.8 Å². The van der Waals surface area contributed by atoms with Crippen LogP contribution in [0.1, 0.15) is 13.3 Å². The number of thiophene rings is 1. The zero-order valence-corrected chi connectivity index (χ0v) is 16.2. The number of hydrogen-bond acceptors (Lipinski definition) is 6. The Morgan fingerprint density at radius 1 is 1.27 bits per heavy atom. The van der Waals surface area contributed by atoms with Crippen LogP contribution in [0.2, 0.25) is 5.02 Å². The first-order valence-corrected chi connectivity index (χ1v) is 10.3. The van der Waals surface area contributed by atoms with Crippen LogP contribution in [-0.2, 0) is 24.3 Å². The molecular formula is C16H17ClN2O5S2. The number of sulfonamides is 1. The fourth-order valence-corrected chi connectivity index (χ4v) is 4.15. The Morgan fingerprint density at radius 2 is 2.04 bits per heavy atom. The quantitative estimate of drug-likeness (QED) is 0.644. The van der Waals surface area contributed by atoms with Crippen molar-refractivity contribution in [2.45, 2.75) is 23.7 Å². The maximum atomic E-state index is 12.0. The van der Waals surface area contributed by atoms with Gasteiger partial charge in [-0.2, -0.15) is 0 Å². The van der Waals surface area contributed by atoms with Crippen LogP contribution >= 0.6 is 22.9 Å². The van der Waals surface area contributed by atoms with Gasteiger partial charge in [0.05, 0.1) is 6.42 Å². The van der Waals surface area contributed by atoms with E-state index in [1.165, 1.54) is 13.0 Å². The summed E-state index contributed by atoms with van der Waals surface area (Å²) in [5.41, 5.74) is 0.481. The van der Waals surface area contributed by atoms with Crippen LogP contribution in [0.3, 0.4) is 0 Å². The van der Waals surface area contributed by atoms with Crippen LogP contribution in [0, 0.1) is 0 Å². The molecule has 1 amide bonds. The fraction of sp³-hybridized carbons (Fsp3) is 0.250. The van der Waals surface area contributed by atoms with Crippen molar-refractivity contribution in [1.82, 2.24) is 4.72 Å². The molecule has 2 rings (SSSR count). The minimum Gasteiger partial charge on any atom is -0.452 e. The van der Waals surface area contributed by atoms with E-state index in [0.717, 1.165) is 11.3 Å². The lowest BCUT2D eigenvalue weighted by atomic mass is 10.3. The highest BCUT2D eigenvalue weighted by molar-refractivity contribution is 7.91. The number of benzene rings is 1. The maximum Gasteiger partial charge on any atom is 0.307 e. The van der Waals surface area contributed by atoms with E-state index >= 15 is 0 Å². The van der Waals surface area contributed by atoms with Crippen molar-refractivity contribution >= 4 is 50.5 Å². The predicted molar refractivity (Wildman–Crippen MR) is 99.8 cm³/mol. The second-order valence-corrected chi connectivity index (χ2v) is 8.59. The van der Waals surface area contributed by atoms with Gasteiger partial charge in [0.1, 0.15) is 4.21 Å². The summed E-state index contributed by atoms with van der Waals surface area (Å²) in [5.74, 6) is -1.20. The molecule has 0 fully saturated rings. The van der Waals surface area contributed by atoms with Crippen LogP contribution < -0.4 is 10.0 Å². The average molecular weight is 417 g/mol. The summed E-state index contributed by atoms with van der Waals surface area (Å²) >= 11 is 6.91. The largest absolute Gasteiger partial charge is 0.452 e. The van der Waals surface area contributed by atoms with Gasteiger partial charge in [0.2, 0.25) is 10.0 Å². The summed E-state index contributed by atoms with van der Waals surface area (Å²) < 4.78 is 31.3. The molecule has 0 aliphatic rings. The van der Waals surface area contributed by atoms with E-state index in [4.69, 9.17) is 16.3 Å². The third-order valence-electron chi connectivity index (χ3n) is 3.15. The zero-order valence-electron chi connectivity index (χ0n) is 13.8. The van der Waals surface area contributed by atoms with Crippen LogP contribution in [0.15, 0.2) is 46.0 Å². The summed E-state index contributed by atoms with van der Waals surface area (Å²) in [5, 5.41) is 4.68. The Labute approximate surface area is 160 Å². The lowest BCUT2D eigenvalue weighted by Crippen LogP contribution is -2.32. The second kappa shape index (κ2) is 9.13. The van der Waals surface area contributed by atoms with Gasteiger partial charge in [-0.3, -0.25) is 9.59 Å². The second-order valence-electron chi connectivity index (χ2n) is 5.21. The third kappa shape index (κ3) is 6.10. The highest BCUT2D eigenvalue weighted by Gasteiger charge is 2.19. The average Bonchev–Trinajstić information content (AvgIpc) is 3.10. The number of esters is 1. The molecule has 0 saturated carbocycles. The smallest absolute Gasteiger partial charge is 0.307 e. The van der Waals surface area contributed by atoms with Crippen LogP contribution in [0.4, 0.5) is 5.69 Å². The fourth-order valence-electron chi connectivity index (χ4n) is 1.89. The summed E-state index contributed by atoms with van der Waals surface area (Å²) in [6.07, 6.45) is -1.23. The van der Waals surface area contributed by atoms with Gasteiger partial charge in [-0.1, -0.05) is 23.7 Å². The van der Waals surface area contributed by atoms with Gasteiger partial charge < -0.3 is 10.1 Å². The molecule has 1 heterocycles. The molecule has 1 aromatic heterocycles. The molecule has 0 aliphatic heterocycles. The first kappa shape index (κ1) is 20.4. The highest BCUT2D eigenvalue weighted by Crippen LogP contribution is 2.16. The number of rotatable bonds is 8. The number of halogens is 1. The van der Waals surface area contributed by atoms with Crippen molar-refractivity contribution in [1.29, 1.82) is 0 Å². The number of ether oxygens (including phenoxy) is 1. The van der Waals surface area contributed by atoms with Crippen molar-refractivity contribution in [3.63, 3.8) is 0 Å². The number of carbonyl (C=O) groups excluding carboxylic acids is 2. The van der Waals surface area contributed by atoms with Crippen LogP contribution in [-0.4, -0.2) is 32.9 Å². The molecule has 140 valence electrons. The lowest BCUT2D eigenvalue weighted by Gasteiger charge is -2.14. The molecule has 26 heavy (non-hydrogen) atoms. The predicted octanol–water partition coefficient (Wildman–Crippen LogP) is 2.64. The standard InChI is InChI=1S/C16H17ClN2O5S2/c1-11(16(21)19-13-5-2-4-12(17)10-13)24-14(20)7-8-18-26(22,23)15-6-3-9-25-15/h2-6,9-11,18H,7-8H2,1H3,(H,19,21)/t11-/m0/s1. The van der Waals surface area contributed by atoms with Gasteiger partial charge in [-0.25, -0.2) is 13.1 Å². The monoisotopic (exact) mass is 416 g/mol. The van der Waals surface area contributed by atoms with E-state index in [1.54, 1.807) is 35.7 Å². The Bertz CT molecular complexity index is 869. The van der Waals surface area contributed by atoms with E-state index < -0.39 is 28.0 Å². The molecule has 0 aliphatic carbocycles. The number of nitrogens with one attached hydrogen (secondary N) is 2. The molecule has 1 atom stereocenters. The molecule has 2 N–H and O–H groups in total. The van der Waals surface area contributed by atoms with E-state index in [-0.39, 0.29) is 17.2 Å². The molecule has 0 saturated heterocycles. The van der Waals surface area contributed by atoms with Crippen molar-refractivity contribution in [3.8, 4) is 0 Å². The Kier molecular flexibility index (Phi) is 7.15. The van der Waals surface area contributed by atoms with Gasteiger partial charge in [0.25, 0.3) is 5.91 Å². The van der Waals surface area contributed by atoms with Crippen LogP contribution in [0.5, 0.6) is 0 Å². The first-order chi connectivity index (χ1) is 12.3. The number of amides is 1. The van der Waals surface area contributed by atoms with Crippen LogP contribution in [0.25, 0.3) is 0 Å². The minimum atomic E-state index is -3.63. The first-order valence-electron chi connectivity index (χ1n) is 7.57. The maximum absolute atomic E-state index is 12.0. The lowest BCUT2D eigenvalue weighted by molar-refractivity contribution is -0.152. The topological polar surface area (TPSA) is 102 Å². The Morgan fingerprint density at radius 3 is 2.69 bits per heavy atom. The molecule has 10 heteroatoms. The van der Waals surface area contributed by atoms with E-state index in [0.29, 0.717) is 10.7 Å². The molecule has 1 aromatic carbocycles. The van der Waals surface area contributed by atoms with Gasteiger partial charge >= 0.3 is 5.97 Å². The summed E-state index contributed by atoms with van der Waals surface area (Å²) in [4.78, 5) is 23.8. The Hall–Kier alpha value is -1.94. The minimum absolute atomic E-state index is 0.123. The molecular weight excluding hydrogens is 400 g/mol. The molecule has 7 nitrogen and oxygen atoms in total. The summed E-state index contributed by atoms with van der Waals surface area (Å²) in [7, 11) is -3.63. The zero-order chi connectivity index (χ0) is 19.2. The summed E-state index contributed by atoms with van der Waals surface area (Å²) in [6, 6.07) is 9.64. The number of anilines is 1. The van der Waals surface area contributed by atoms with Gasteiger partial charge in [0, 0.05) is 17.3 Å².